The van der Waals surface area contributed by atoms with Crippen molar-refractivity contribution >= 4 is 17.7 Å². The van der Waals surface area contributed by atoms with Gasteiger partial charge in [0.25, 0.3) is 0 Å². The monoisotopic (exact) mass is 386 g/mol. The van der Waals surface area contributed by atoms with Gasteiger partial charge in [-0.2, -0.15) is 13.2 Å². The third-order valence-corrected chi connectivity index (χ3v) is 4.34. The van der Waals surface area contributed by atoms with Gasteiger partial charge in [-0.3, -0.25) is 19.4 Å². The van der Waals surface area contributed by atoms with Gasteiger partial charge in [-0.05, 0) is 31.4 Å². The first-order chi connectivity index (χ1) is 12.7. The van der Waals surface area contributed by atoms with Crippen LogP contribution in [-0.4, -0.2) is 52.9 Å². The molecule has 148 valence electrons. The van der Waals surface area contributed by atoms with Gasteiger partial charge in [0.2, 0.25) is 11.8 Å². The molecule has 3 amide bonds. The van der Waals surface area contributed by atoms with E-state index in [2.05, 4.69) is 15.6 Å². The summed E-state index contributed by atoms with van der Waals surface area (Å²) in [6.45, 7) is 1.51. The van der Waals surface area contributed by atoms with E-state index in [1.807, 2.05) is 0 Å². The van der Waals surface area contributed by atoms with Crippen LogP contribution in [0.1, 0.15) is 25.3 Å². The maximum Gasteiger partial charge on any atom is 0.471 e. The van der Waals surface area contributed by atoms with Crippen molar-refractivity contribution in [1.82, 2.24) is 20.5 Å². The fourth-order valence-corrected chi connectivity index (χ4v) is 2.77. The van der Waals surface area contributed by atoms with Crippen molar-refractivity contribution in [3.8, 4) is 0 Å². The van der Waals surface area contributed by atoms with Gasteiger partial charge in [0, 0.05) is 37.9 Å². The number of amides is 3. The minimum Gasteiger partial charge on any atom is -0.350 e. The third kappa shape index (κ3) is 5.93. The number of halogens is 3. The highest BCUT2D eigenvalue weighted by atomic mass is 19.4. The van der Waals surface area contributed by atoms with E-state index in [-0.39, 0.29) is 38.4 Å². The molecule has 0 unspecified atom stereocenters. The second kappa shape index (κ2) is 8.83. The van der Waals surface area contributed by atoms with Gasteiger partial charge in [-0.25, -0.2) is 0 Å². The number of alkyl halides is 3. The van der Waals surface area contributed by atoms with E-state index in [1.54, 1.807) is 24.5 Å². The fourth-order valence-electron chi connectivity index (χ4n) is 2.77. The molecule has 10 heteroatoms. The second-order valence-corrected chi connectivity index (χ2v) is 6.37. The maximum atomic E-state index is 12.4. The molecule has 1 fully saturated rings. The van der Waals surface area contributed by atoms with Crippen LogP contribution in [0.15, 0.2) is 24.5 Å². The SMILES string of the molecule is C[C@@H](NC(=O)C1CCN(C(=O)C(F)(F)F)CC1)C(=O)NCc1cccnc1. The Balaban J connectivity index is 1.76. The van der Waals surface area contributed by atoms with E-state index in [0.717, 1.165) is 5.56 Å². The number of likely N-dealkylation sites (tertiary alicyclic amines) is 1. The van der Waals surface area contributed by atoms with Gasteiger partial charge in [-0.1, -0.05) is 6.07 Å². The van der Waals surface area contributed by atoms with Gasteiger partial charge < -0.3 is 15.5 Å². The van der Waals surface area contributed by atoms with E-state index in [1.165, 1.54) is 6.92 Å². The molecule has 1 aromatic heterocycles. The zero-order valence-corrected chi connectivity index (χ0v) is 14.8. The van der Waals surface area contributed by atoms with Crippen molar-refractivity contribution in [2.45, 2.75) is 38.5 Å². The van der Waals surface area contributed by atoms with Gasteiger partial charge >= 0.3 is 12.1 Å². The topological polar surface area (TPSA) is 91.4 Å². The smallest absolute Gasteiger partial charge is 0.350 e. The van der Waals surface area contributed by atoms with Crippen LogP contribution >= 0.6 is 0 Å². The van der Waals surface area contributed by atoms with Crippen molar-refractivity contribution in [1.29, 1.82) is 0 Å². The van der Waals surface area contributed by atoms with Gasteiger partial charge in [0.1, 0.15) is 6.04 Å². The van der Waals surface area contributed by atoms with Gasteiger partial charge in [-0.15, -0.1) is 0 Å². The third-order valence-electron chi connectivity index (χ3n) is 4.34. The lowest BCUT2D eigenvalue weighted by Crippen LogP contribution is -2.50. The summed E-state index contributed by atoms with van der Waals surface area (Å²) in [4.78, 5) is 40.1. The van der Waals surface area contributed by atoms with Crippen LogP contribution in [0.4, 0.5) is 13.2 Å². The Morgan fingerprint density at radius 2 is 1.96 bits per heavy atom. The van der Waals surface area contributed by atoms with Crippen LogP contribution in [0.3, 0.4) is 0 Å². The van der Waals surface area contributed by atoms with Crippen molar-refractivity contribution < 1.29 is 27.6 Å². The zero-order valence-electron chi connectivity index (χ0n) is 14.8. The average Bonchev–Trinajstić information content (AvgIpc) is 2.65. The minimum atomic E-state index is -4.91. The van der Waals surface area contributed by atoms with E-state index in [0.29, 0.717) is 4.90 Å². The number of carbonyl (C=O) groups excluding carboxylic acids is 3. The van der Waals surface area contributed by atoms with Crippen molar-refractivity contribution in [2.24, 2.45) is 5.92 Å². The second-order valence-electron chi connectivity index (χ2n) is 6.37. The molecule has 1 aromatic rings. The Bertz CT molecular complexity index is 674. The maximum absolute atomic E-state index is 12.4. The standard InChI is InChI=1S/C17H21F3N4O3/c1-11(14(25)22-10-12-3-2-6-21-9-12)23-15(26)13-4-7-24(8-5-13)16(27)17(18,19)20/h2-3,6,9,11,13H,4-5,7-8,10H2,1H3,(H,22,25)(H,23,26)/t11-/m1/s1. The van der Waals surface area contributed by atoms with Crippen LogP contribution in [0.25, 0.3) is 0 Å². The van der Waals surface area contributed by atoms with Crippen LogP contribution < -0.4 is 10.6 Å². The summed E-state index contributed by atoms with van der Waals surface area (Å²) >= 11 is 0. The predicted octanol–water partition coefficient (Wildman–Crippen LogP) is 1.00. The Morgan fingerprint density at radius 1 is 1.30 bits per heavy atom. The van der Waals surface area contributed by atoms with E-state index in [9.17, 15) is 27.6 Å². The quantitative estimate of drug-likeness (QED) is 0.790. The van der Waals surface area contributed by atoms with E-state index >= 15 is 0 Å². The molecule has 1 aliphatic heterocycles. The number of nitrogens with one attached hydrogen (secondary N) is 2. The lowest BCUT2D eigenvalue weighted by atomic mass is 9.95. The highest BCUT2D eigenvalue weighted by Crippen LogP contribution is 2.24. The molecule has 0 aliphatic carbocycles. The van der Waals surface area contributed by atoms with E-state index < -0.39 is 30.0 Å². The molecule has 7 nitrogen and oxygen atoms in total. The first-order valence-electron chi connectivity index (χ1n) is 8.51. The molecule has 2 heterocycles. The van der Waals surface area contributed by atoms with Crippen molar-refractivity contribution in [2.75, 3.05) is 13.1 Å². The number of carbonyl (C=O) groups is 3. The Morgan fingerprint density at radius 3 is 2.52 bits per heavy atom. The summed E-state index contributed by atoms with van der Waals surface area (Å²) in [7, 11) is 0. The van der Waals surface area contributed by atoms with Crippen LogP contribution in [0.5, 0.6) is 0 Å². The van der Waals surface area contributed by atoms with Crippen molar-refractivity contribution in [3.05, 3.63) is 30.1 Å². The molecular weight excluding hydrogens is 365 g/mol. The highest BCUT2D eigenvalue weighted by molar-refractivity contribution is 5.88. The number of pyridine rings is 1. The lowest BCUT2D eigenvalue weighted by molar-refractivity contribution is -0.186. The molecule has 2 N–H and O–H groups in total. The van der Waals surface area contributed by atoms with Crippen LogP contribution in [0, 0.1) is 5.92 Å². The zero-order chi connectivity index (χ0) is 20.0. The lowest BCUT2D eigenvalue weighted by Gasteiger charge is -2.32. The molecule has 0 aromatic carbocycles. The molecular formula is C17H21F3N4O3. The summed E-state index contributed by atoms with van der Waals surface area (Å²) in [6, 6.07) is 2.75. The first-order valence-corrected chi connectivity index (χ1v) is 8.51. The molecule has 1 saturated heterocycles. The molecule has 1 aliphatic rings. The fraction of sp³-hybridized carbons (Fsp3) is 0.529. The predicted molar refractivity (Wildman–Crippen MR) is 89.0 cm³/mol. The minimum absolute atomic E-state index is 0.123. The van der Waals surface area contributed by atoms with Gasteiger partial charge in [0.15, 0.2) is 0 Å². The summed E-state index contributed by atoms with van der Waals surface area (Å²) in [6.07, 6.45) is -1.44. The number of hydrogen-bond acceptors (Lipinski definition) is 4. The molecule has 0 radical (unpaired) electrons. The van der Waals surface area contributed by atoms with Crippen molar-refractivity contribution in [3.63, 3.8) is 0 Å². The molecule has 0 saturated carbocycles. The molecule has 27 heavy (non-hydrogen) atoms. The molecule has 0 bridgehead atoms. The number of nitrogens with zero attached hydrogens (tertiary/aromatic N) is 2. The Kier molecular flexibility index (Phi) is 6.75. The van der Waals surface area contributed by atoms with Crippen LogP contribution in [-0.2, 0) is 20.9 Å². The first kappa shape index (κ1) is 20.7. The summed E-state index contributed by atoms with van der Waals surface area (Å²) in [5.41, 5.74) is 0.811. The van der Waals surface area contributed by atoms with Gasteiger partial charge in [0.05, 0.1) is 0 Å². The number of rotatable bonds is 5. The Labute approximate surface area is 154 Å². The number of hydrogen-bond donors (Lipinski definition) is 2. The summed E-state index contributed by atoms with van der Waals surface area (Å²) in [5.74, 6) is -3.20. The Hall–Kier alpha value is -2.65. The molecule has 0 spiro atoms. The highest BCUT2D eigenvalue weighted by Gasteiger charge is 2.43. The molecule has 1 atom stereocenters. The largest absolute Gasteiger partial charge is 0.471 e. The average molecular weight is 386 g/mol. The van der Waals surface area contributed by atoms with Crippen LogP contribution in [0.2, 0.25) is 0 Å². The molecule has 2 rings (SSSR count). The number of aromatic nitrogens is 1. The van der Waals surface area contributed by atoms with E-state index in [4.69, 9.17) is 0 Å². The normalized spacial score (nSPS) is 16.5. The summed E-state index contributed by atoms with van der Waals surface area (Å²) in [5, 5.41) is 5.24. The number of piperidine rings is 1. The summed E-state index contributed by atoms with van der Waals surface area (Å²) < 4.78 is 37.3.